The minimum absolute atomic E-state index is 0.0335. The van der Waals surface area contributed by atoms with Gasteiger partial charge in [0, 0.05) is 6.61 Å². The fourth-order valence-corrected chi connectivity index (χ4v) is 3.14. The number of hydrogen-bond donors (Lipinski definition) is 1. The summed E-state index contributed by atoms with van der Waals surface area (Å²) in [5, 5.41) is 11.3. The predicted octanol–water partition coefficient (Wildman–Crippen LogP) is 2.64. The van der Waals surface area contributed by atoms with Crippen molar-refractivity contribution in [2.75, 3.05) is 13.7 Å². The Kier molecular flexibility index (Phi) is 4.69. The molecule has 1 aromatic carbocycles. The Labute approximate surface area is 126 Å². The summed E-state index contributed by atoms with van der Waals surface area (Å²) in [5.41, 5.74) is -0.741. The lowest BCUT2D eigenvalue weighted by Crippen LogP contribution is -2.45. The van der Waals surface area contributed by atoms with Crippen molar-refractivity contribution in [1.82, 2.24) is 0 Å². The van der Waals surface area contributed by atoms with Crippen molar-refractivity contribution in [2.24, 2.45) is 5.92 Å². The summed E-state index contributed by atoms with van der Waals surface area (Å²) in [4.78, 5) is 11.8. The van der Waals surface area contributed by atoms with E-state index in [4.69, 9.17) is 9.47 Å². The summed E-state index contributed by atoms with van der Waals surface area (Å²) in [7, 11) is 1.35. The third-order valence-electron chi connectivity index (χ3n) is 4.29. The maximum atomic E-state index is 11.8. The topological polar surface area (TPSA) is 55.8 Å². The number of hydrogen-bond acceptors (Lipinski definition) is 4. The lowest BCUT2D eigenvalue weighted by molar-refractivity contribution is -0.160. The van der Waals surface area contributed by atoms with E-state index >= 15 is 0 Å². The average Bonchev–Trinajstić information content (AvgIpc) is 2.47. The molecule has 0 saturated carbocycles. The smallest absolute Gasteiger partial charge is 0.308 e. The Morgan fingerprint density at radius 3 is 2.67 bits per heavy atom. The van der Waals surface area contributed by atoms with Gasteiger partial charge in [0.2, 0.25) is 0 Å². The van der Waals surface area contributed by atoms with Crippen LogP contribution in [-0.2, 0) is 19.9 Å². The van der Waals surface area contributed by atoms with Crippen LogP contribution in [0, 0.1) is 5.92 Å². The first-order valence-electron chi connectivity index (χ1n) is 7.36. The Balaban J connectivity index is 2.34. The van der Waals surface area contributed by atoms with Gasteiger partial charge in [0.25, 0.3) is 0 Å². The zero-order valence-corrected chi connectivity index (χ0v) is 13.0. The molecule has 1 aliphatic rings. The second kappa shape index (κ2) is 6.16. The van der Waals surface area contributed by atoms with Gasteiger partial charge in [0.15, 0.2) is 0 Å². The number of carbonyl (C=O) groups is 1. The number of benzene rings is 1. The molecule has 1 N–H and O–H groups in total. The quantitative estimate of drug-likeness (QED) is 0.867. The molecular weight excluding hydrogens is 268 g/mol. The number of aliphatic hydroxyl groups is 1. The van der Waals surface area contributed by atoms with Crippen molar-refractivity contribution in [3.63, 3.8) is 0 Å². The van der Waals surface area contributed by atoms with E-state index in [9.17, 15) is 9.90 Å². The first-order chi connectivity index (χ1) is 9.87. The van der Waals surface area contributed by atoms with Gasteiger partial charge in [-0.1, -0.05) is 30.3 Å². The molecule has 0 spiro atoms. The molecule has 0 aliphatic carbocycles. The van der Waals surface area contributed by atoms with E-state index in [1.165, 1.54) is 7.11 Å². The highest BCUT2D eigenvalue weighted by Crippen LogP contribution is 2.43. The van der Waals surface area contributed by atoms with Crippen molar-refractivity contribution in [3.05, 3.63) is 35.9 Å². The Bertz CT molecular complexity index is 483. The maximum absolute atomic E-state index is 11.8. The van der Waals surface area contributed by atoms with Crippen molar-refractivity contribution in [3.8, 4) is 0 Å². The standard InChI is InChI=1S/C17H24O4/c1-16(2)11-14(9-10-21-16)17(19,12-15(18)20-3)13-7-5-4-6-8-13/h4-8,14,19H,9-12H2,1-3H3/t14-,17+/m0/s1. The van der Waals surface area contributed by atoms with Crippen LogP contribution in [0.5, 0.6) is 0 Å². The Hall–Kier alpha value is -1.39. The Morgan fingerprint density at radius 1 is 1.43 bits per heavy atom. The SMILES string of the molecule is COC(=O)C[C@@](O)(c1ccccc1)[C@H]1CCOC(C)(C)C1. The van der Waals surface area contributed by atoms with Gasteiger partial charge in [0.1, 0.15) is 5.60 Å². The molecule has 116 valence electrons. The summed E-state index contributed by atoms with van der Waals surface area (Å²) in [6.45, 7) is 4.62. The van der Waals surface area contributed by atoms with E-state index in [1.54, 1.807) is 0 Å². The molecule has 2 rings (SSSR count). The predicted molar refractivity (Wildman–Crippen MR) is 79.7 cm³/mol. The molecule has 1 aromatic rings. The third kappa shape index (κ3) is 3.63. The number of rotatable bonds is 4. The highest BCUT2D eigenvalue weighted by molar-refractivity contribution is 5.71. The molecule has 0 unspecified atom stereocenters. The molecule has 0 amide bonds. The highest BCUT2D eigenvalue weighted by atomic mass is 16.5. The zero-order chi connectivity index (χ0) is 15.5. The van der Waals surface area contributed by atoms with Crippen molar-refractivity contribution in [2.45, 2.75) is 44.3 Å². The molecule has 0 aromatic heterocycles. The lowest BCUT2D eigenvalue weighted by atomic mass is 9.71. The minimum atomic E-state index is -1.21. The first kappa shape index (κ1) is 16.0. The maximum Gasteiger partial charge on any atom is 0.308 e. The van der Waals surface area contributed by atoms with Crippen LogP contribution in [0.1, 0.15) is 38.7 Å². The molecule has 1 saturated heterocycles. The Morgan fingerprint density at radius 2 is 2.10 bits per heavy atom. The van der Waals surface area contributed by atoms with Crippen molar-refractivity contribution >= 4 is 5.97 Å². The first-order valence-corrected chi connectivity index (χ1v) is 7.36. The molecule has 4 nitrogen and oxygen atoms in total. The van der Waals surface area contributed by atoms with Crippen LogP contribution < -0.4 is 0 Å². The molecular formula is C17H24O4. The summed E-state index contributed by atoms with van der Waals surface area (Å²) in [6, 6.07) is 9.39. The van der Waals surface area contributed by atoms with Crippen LogP contribution in [0.15, 0.2) is 30.3 Å². The second-order valence-corrected chi connectivity index (χ2v) is 6.34. The van der Waals surface area contributed by atoms with Gasteiger partial charge in [-0.3, -0.25) is 4.79 Å². The molecule has 21 heavy (non-hydrogen) atoms. The number of esters is 1. The van der Waals surface area contributed by atoms with Crippen LogP contribution in [0.25, 0.3) is 0 Å². The van der Waals surface area contributed by atoms with Gasteiger partial charge >= 0.3 is 5.97 Å². The van der Waals surface area contributed by atoms with Crippen LogP contribution in [0.4, 0.5) is 0 Å². The van der Waals surface area contributed by atoms with Gasteiger partial charge in [0.05, 0.1) is 19.1 Å². The van der Waals surface area contributed by atoms with Gasteiger partial charge in [-0.2, -0.15) is 0 Å². The minimum Gasteiger partial charge on any atom is -0.469 e. The van der Waals surface area contributed by atoms with E-state index in [0.29, 0.717) is 13.0 Å². The molecule has 1 heterocycles. The molecule has 1 aliphatic heterocycles. The number of carbonyl (C=O) groups excluding carboxylic acids is 1. The third-order valence-corrected chi connectivity index (χ3v) is 4.29. The van der Waals surface area contributed by atoms with Gasteiger partial charge in [-0.15, -0.1) is 0 Å². The van der Waals surface area contributed by atoms with Crippen LogP contribution >= 0.6 is 0 Å². The highest BCUT2D eigenvalue weighted by Gasteiger charge is 2.45. The van der Waals surface area contributed by atoms with E-state index in [0.717, 1.165) is 12.0 Å². The van der Waals surface area contributed by atoms with Crippen LogP contribution in [-0.4, -0.2) is 30.4 Å². The fourth-order valence-electron chi connectivity index (χ4n) is 3.14. The second-order valence-electron chi connectivity index (χ2n) is 6.34. The van der Waals surface area contributed by atoms with Gasteiger partial charge in [-0.05, 0) is 38.2 Å². The van der Waals surface area contributed by atoms with E-state index in [1.807, 2.05) is 44.2 Å². The van der Waals surface area contributed by atoms with Gasteiger partial charge in [-0.25, -0.2) is 0 Å². The summed E-state index contributed by atoms with van der Waals surface area (Å²) in [5.74, 6) is -0.437. The zero-order valence-electron chi connectivity index (χ0n) is 13.0. The van der Waals surface area contributed by atoms with E-state index < -0.39 is 11.6 Å². The normalized spacial score (nSPS) is 24.1. The van der Waals surface area contributed by atoms with Crippen molar-refractivity contribution < 1.29 is 19.4 Å². The van der Waals surface area contributed by atoms with E-state index in [2.05, 4.69) is 0 Å². The fraction of sp³-hybridized carbons (Fsp3) is 0.588. The summed E-state index contributed by atoms with van der Waals surface area (Å²) < 4.78 is 10.5. The molecule has 0 bridgehead atoms. The monoisotopic (exact) mass is 292 g/mol. The molecule has 0 radical (unpaired) electrons. The molecule has 4 heteroatoms. The van der Waals surface area contributed by atoms with Crippen molar-refractivity contribution in [1.29, 1.82) is 0 Å². The average molecular weight is 292 g/mol. The summed E-state index contributed by atoms with van der Waals surface area (Å²) >= 11 is 0. The lowest BCUT2D eigenvalue weighted by Gasteiger charge is -2.43. The van der Waals surface area contributed by atoms with E-state index in [-0.39, 0.29) is 17.9 Å². The van der Waals surface area contributed by atoms with Crippen LogP contribution in [0.2, 0.25) is 0 Å². The molecule has 2 atom stereocenters. The van der Waals surface area contributed by atoms with Crippen LogP contribution in [0.3, 0.4) is 0 Å². The largest absolute Gasteiger partial charge is 0.469 e. The number of methoxy groups -OCH3 is 1. The number of ether oxygens (including phenoxy) is 2. The molecule has 1 fully saturated rings. The van der Waals surface area contributed by atoms with Gasteiger partial charge < -0.3 is 14.6 Å². The summed E-state index contributed by atoms with van der Waals surface area (Å²) in [6.07, 6.45) is 1.40.